The third kappa shape index (κ3) is 2.28. The third-order valence-electron chi connectivity index (χ3n) is 3.10. The van der Waals surface area contributed by atoms with E-state index in [9.17, 15) is 4.79 Å². The van der Waals surface area contributed by atoms with E-state index in [1.165, 1.54) is 0 Å². The molecule has 0 saturated carbocycles. The Bertz CT molecular complexity index is 353. The Morgan fingerprint density at radius 3 is 3.00 bits per heavy atom. The Morgan fingerprint density at radius 1 is 1.62 bits per heavy atom. The molecular weight excluding hydrogens is 220 g/mol. The lowest BCUT2D eigenvalue weighted by Crippen LogP contribution is -2.45. The molecule has 0 aromatic carbocycles. The minimum absolute atomic E-state index is 0.128. The van der Waals surface area contributed by atoms with E-state index in [1.807, 2.05) is 31.4 Å². The number of carbonyl (C=O) groups excluding carboxylic acids is 1. The van der Waals surface area contributed by atoms with Crippen LogP contribution in [0.5, 0.6) is 0 Å². The Balaban J connectivity index is 2.02. The van der Waals surface area contributed by atoms with E-state index >= 15 is 0 Å². The first-order valence-electron chi connectivity index (χ1n) is 5.66. The molecule has 88 valence electrons. The van der Waals surface area contributed by atoms with Gasteiger partial charge in [0, 0.05) is 17.5 Å². The fraction of sp³-hybridized carbons (Fsp3) is 0.583. The van der Waals surface area contributed by atoms with Crippen molar-refractivity contribution < 1.29 is 4.79 Å². The highest BCUT2D eigenvalue weighted by Gasteiger charge is 2.32. The smallest absolute Gasteiger partial charge is 0.231 e. The van der Waals surface area contributed by atoms with Crippen LogP contribution < -0.4 is 10.6 Å². The molecule has 1 atom stereocenters. The van der Waals surface area contributed by atoms with Crippen LogP contribution in [0, 0.1) is 0 Å². The minimum atomic E-state index is -0.420. The fourth-order valence-corrected chi connectivity index (χ4v) is 2.74. The van der Waals surface area contributed by atoms with Gasteiger partial charge in [0.05, 0.1) is 5.41 Å². The van der Waals surface area contributed by atoms with Crippen LogP contribution in [-0.2, 0) is 10.2 Å². The van der Waals surface area contributed by atoms with Crippen molar-refractivity contribution in [3.63, 3.8) is 0 Å². The van der Waals surface area contributed by atoms with Gasteiger partial charge in [-0.1, -0.05) is 6.07 Å². The van der Waals surface area contributed by atoms with E-state index in [-0.39, 0.29) is 5.91 Å². The Morgan fingerprint density at radius 2 is 2.44 bits per heavy atom. The molecule has 16 heavy (non-hydrogen) atoms. The summed E-state index contributed by atoms with van der Waals surface area (Å²) in [5.74, 6) is 0.128. The molecule has 2 heterocycles. The topological polar surface area (TPSA) is 41.1 Å². The lowest BCUT2D eigenvalue weighted by molar-refractivity contribution is -0.126. The summed E-state index contributed by atoms with van der Waals surface area (Å²) >= 11 is 1.64. The maximum atomic E-state index is 12.2. The normalized spacial score (nSPS) is 21.0. The first-order chi connectivity index (χ1) is 7.60. The largest absolute Gasteiger partial charge is 0.351 e. The number of hydrogen-bond acceptors (Lipinski definition) is 3. The number of thiophene rings is 1. The maximum Gasteiger partial charge on any atom is 0.231 e. The summed E-state index contributed by atoms with van der Waals surface area (Å²) in [5, 5.41) is 8.38. The molecule has 3 nitrogen and oxygen atoms in total. The van der Waals surface area contributed by atoms with Crippen LogP contribution in [0.3, 0.4) is 0 Å². The first-order valence-corrected chi connectivity index (χ1v) is 6.54. The summed E-state index contributed by atoms with van der Waals surface area (Å²) in [6.45, 7) is 5.86. The van der Waals surface area contributed by atoms with Gasteiger partial charge in [-0.05, 0) is 38.3 Å². The monoisotopic (exact) mass is 238 g/mol. The van der Waals surface area contributed by atoms with Gasteiger partial charge in [-0.3, -0.25) is 4.79 Å². The fourth-order valence-electron chi connectivity index (χ4n) is 1.89. The van der Waals surface area contributed by atoms with Crippen molar-refractivity contribution in [1.29, 1.82) is 0 Å². The molecule has 1 aliphatic rings. The molecule has 1 fully saturated rings. The van der Waals surface area contributed by atoms with Crippen molar-refractivity contribution in [2.24, 2.45) is 0 Å². The summed E-state index contributed by atoms with van der Waals surface area (Å²) in [4.78, 5) is 13.3. The summed E-state index contributed by atoms with van der Waals surface area (Å²) in [6, 6.07) is 4.32. The Kier molecular flexibility index (Phi) is 3.30. The third-order valence-corrected chi connectivity index (χ3v) is 4.29. The Labute approximate surface area is 100 Å². The second kappa shape index (κ2) is 4.55. The highest BCUT2D eigenvalue weighted by Crippen LogP contribution is 2.27. The summed E-state index contributed by atoms with van der Waals surface area (Å²) in [7, 11) is 0. The van der Waals surface area contributed by atoms with E-state index in [0.29, 0.717) is 6.04 Å². The second-order valence-corrected chi connectivity index (χ2v) is 5.71. The molecule has 4 heteroatoms. The zero-order valence-corrected chi connectivity index (χ0v) is 10.6. The molecule has 1 aromatic heterocycles. The van der Waals surface area contributed by atoms with Gasteiger partial charge in [0.1, 0.15) is 0 Å². The summed E-state index contributed by atoms with van der Waals surface area (Å²) in [5.41, 5.74) is -0.420. The molecule has 1 unspecified atom stereocenters. The molecule has 2 rings (SSSR count). The number of amides is 1. The molecule has 0 radical (unpaired) electrons. The summed E-state index contributed by atoms with van der Waals surface area (Å²) < 4.78 is 0. The lowest BCUT2D eigenvalue weighted by atomic mass is 9.90. The molecule has 1 amide bonds. The van der Waals surface area contributed by atoms with Crippen LogP contribution in [0.15, 0.2) is 17.5 Å². The Hall–Kier alpha value is -0.870. The van der Waals surface area contributed by atoms with Crippen LogP contribution in [-0.4, -0.2) is 25.0 Å². The van der Waals surface area contributed by atoms with Gasteiger partial charge >= 0.3 is 0 Å². The number of nitrogens with one attached hydrogen (secondary N) is 2. The van der Waals surface area contributed by atoms with Crippen LogP contribution in [0.25, 0.3) is 0 Å². The highest BCUT2D eigenvalue weighted by atomic mass is 32.1. The maximum absolute atomic E-state index is 12.2. The zero-order valence-electron chi connectivity index (χ0n) is 9.75. The quantitative estimate of drug-likeness (QED) is 0.838. The van der Waals surface area contributed by atoms with Gasteiger partial charge < -0.3 is 10.6 Å². The highest BCUT2D eigenvalue weighted by molar-refractivity contribution is 7.10. The molecular formula is C12H18N2OS. The standard InChI is InChI=1S/C12H18N2OS/c1-12(2,10-4-3-7-16-10)11(15)14-9-5-6-13-8-9/h3-4,7,9,13H,5-6,8H2,1-2H3,(H,14,15). The molecule has 0 bridgehead atoms. The first kappa shape index (κ1) is 11.6. The number of carbonyl (C=O) groups is 1. The minimum Gasteiger partial charge on any atom is -0.351 e. The van der Waals surface area contributed by atoms with Gasteiger partial charge in [0.2, 0.25) is 5.91 Å². The SMILES string of the molecule is CC(C)(C(=O)NC1CCNC1)c1cccs1. The molecule has 1 aliphatic heterocycles. The van der Waals surface area contributed by atoms with Crippen molar-refractivity contribution in [1.82, 2.24) is 10.6 Å². The van der Waals surface area contributed by atoms with E-state index in [2.05, 4.69) is 10.6 Å². The zero-order chi connectivity index (χ0) is 11.6. The predicted octanol–water partition coefficient (Wildman–Crippen LogP) is 1.50. The van der Waals surface area contributed by atoms with Crippen molar-refractivity contribution in [3.05, 3.63) is 22.4 Å². The number of rotatable bonds is 3. The van der Waals surface area contributed by atoms with E-state index < -0.39 is 5.41 Å². The number of hydrogen-bond donors (Lipinski definition) is 2. The van der Waals surface area contributed by atoms with Crippen LogP contribution in [0.1, 0.15) is 25.1 Å². The van der Waals surface area contributed by atoms with Gasteiger partial charge in [-0.15, -0.1) is 11.3 Å². The van der Waals surface area contributed by atoms with Gasteiger partial charge in [-0.2, -0.15) is 0 Å². The van der Waals surface area contributed by atoms with Gasteiger partial charge in [0.15, 0.2) is 0 Å². The van der Waals surface area contributed by atoms with Crippen molar-refractivity contribution in [2.45, 2.75) is 31.7 Å². The average Bonchev–Trinajstić information content (AvgIpc) is 2.89. The van der Waals surface area contributed by atoms with Gasteiger partial charge in [0.25, 0.3) is 0 Å². The van der Waals surface area contributed by atoms with E-state index in [1.54, 1.807) is 11.3 Å². The lowest BCUT2D eigenvalue weighted by Gasteiger charge is -2.24. The van der Waals surface area contributed by atoms with Gasteiger partial charge in [-0.25, -0.2) is 0 Å². The summed E-state index contributed by atoms with van der Waals surface area (Å²) in [6.07, 6.45) is 1.03. The van der Waals surface area contributed by atoms with E-state index in [4.69, 9.17) is 0 Å². The average molecular weight is 238 g/mol. The molecule has 1 aromatic rings. The van der Waals surface area contributed by atoms with Crippen LogP contribution in [0.2, 0.25) is 0 Å². The van der Waals surface area contributed by atoms with Crippen molar-refractivity contribution >= 4 is 17.2 Å². The molecule has 0 aliphatic carbocycles. The van der Waals surface area contributed by atoms with Crippen molar-refractivity contribution in [2.75, 3.05) is 13.1 Å². The molecule has 1 saturated heterocycles. The van der Waals surface area contributed by atoms with Crippen LogP contribution in [0.4, 0.5) is 0 Å². The molecule has 2 N–H and O–H groups in total. The van der Waals surface area contributed by atoms with E-state index in [0.717, 1.165) is 24.4 Å². The van der Waals surface area contributed by atoms with Crippen molar-refractivity contribution in [3.8, 4) is 0 Å². The second-order valence-electron chi connectivity index (χ2n) is 4.77. The predicted molar refractivity (Wildman–Crippen MR) is 66.8 cm³/mol. The van der Waals surface area contributed by atoms with Crippen LogP contribution >= 0.6 is 11.3 Å². The molecule has 0 spiro atoms.